The van der Waals surface area contributed by atoms with E-state index < -0.39 is 5.97 Å². The fourth-order valence-corrected chi connectivity index (χ4v) is 2.27. The summed E-state index contributed by atoms with van der Waals surface area (Å²) in [5, 5.41) is 10.9. The highest BCUT2D eigenvalue weighted by atomic mass is 16.4. The number of anilines is 1. The zero-order chi connectivity index (χ0) is 14.9. The molecule has 20 heavy (non-hydrogen) atoms. The molecule has 4 nitrogen and oxygen atoms in total. The number of fused-ring (bicyclic) bond motifs is 1. The predicted octanol–water partition coefficient (Wildman–Crippen LogP) is 2.87. The summed E-state index contributed by atoms with van der Waals surface area (Å²) in [5.41, 5.74) is 2.55. The van der Waals surface area contributed by atoms with Crippen LogP contribution < -0.4 is 4.90 Å². The van der Waals surface area contributed by atoms with Crippen molar-refractivity contribution in [3.05, 3.63) is 41.5 Å². The number of ketones is 1. The van der Waals surface area contributed by atoms with E-state index in [0.29, 0.717) is 5.56 Å². The van der Waals surface area contributed by atoms with Gasteiger partial charge in [-0.15, -0.1) is 0 Å². The summed E-state index contributed by atoms with van der Waals surface area (Å²) in [5.74, 6) is -0.821. The fraction of sp³-hybridized carbons (Fsp3) is 0.250. The Labute approximate surface area is 117 Å². The molecule has 0 radical (unpaired) electrons. The van der Waals surface area contributed by atoms with E-state index >= 15 is 0 Å². The quantitative estimate of drug-likeness (QED) is 0.869. The van der Waals surface area contributed by atoms with Gasteiger partial charge < -0.3 is 10.0 Å². The van der Waals surface area contributed by atoms with Crippen molar-refractivity contribution in [1.82, 2.24) is 0 Å². The van der Waals surface area contributed by atoms with E-state index in [2.05, 4.69) is 0 Å². The molecule has 1 N–H and O–H groups in total. The molecule has 0 aliphatic heterocycles. The SMILES string of the molecule is CC(=O)c1cc(C)c2cc(N(C)CC(=O)O)ccc2c1. The maximum atomic E-state index is 11.5. The second-order valence-corrected chi connectivity index (χ2v) is 5.00. The second kappa shape index (κ2) is 5.33. The molecular weight excluding hydrogens is 254 g/mol. The number of rotatable bonds is 4. The van der Waals surface area contributed by atoms with Crippen LogP contribution in [0.1, 0.15) is 22.8 Å². The maximum Gasteiger partial charge on any atom is 0.323 e. The summed E-state index contributed by atoms with van der Waals surface area (Å²) in [6, 6.07) is 9.48. The van der Waals surface area contributed by atoms with E-state index in [0.717, 1.165) is 22.0 Å². The number of aliphatic carboxylic acids is 1. The van der Waals surface area contributed by atoms with Gasteiger partial charge in [0.05, 0.1) is 0 Å². The minimum absolute atomic E-state index is 0.0436. The standard InChI is InChI=1S/C16H17NO3/c1-10-6-13(11(2)18)7-12-4-5-14(8-15(10)12)17(3)9-16(19)20/h4-8H,9H2,1-3H3,(H,19,20). The van der Waals surface area contributed by atoms with Crippen LogP contribution in [0.15, 0.2) is 30.3 Å². The molecule has 0 bridgehead atoms. The molecule has 4 heteroatoms. The summed E-state index contributed by atoms with van der Waals surface area (Å²) in [6.07, 6.45) is 0. The number of carbonyl (C=O) groups excluding carboxylic acids is 1. The van der Waals surface area contributed by atoms with Gasteiger partial charge in [0, 0.05) is 18.3 Å². The van der Waals surface area contributed by atoms with Crippen molar-refractivity contribution in [1.29, 1.82) is 0 Å². The number of nitrogens with zero attached hydrogens (tertiary/aromatic N) is 1. The number of aryl methyl sites for hydroxylation is 1. The topological polar surface area (TPSA) is 57.6 Å². The van der Waals surface area contributed by atoms with Crippen molar-refractivity contribution in [3.8, 4) is 0 Å². The molecule has 0 saturated heterocycles. The molecule has 0 atom stereocenters. The number of hydrogen-bond acceptors (Lipinski definition) is 3. The van der Waals surface area contributed by atoms with Crippen LogP contribution in [0.3, 0.4) is 0 Å². The molecule has 0 aliphatic carbocycles. The minimum Gasteiger partial charge on any atom is -0.480 e. The zero-order valence-electron chi connectivity index (χ0n) is 11.8. The van der Waals surface area contributed by atoms with Gasteiger partial charge in [0.2, 0.25) is 0 Å². The van der Waals surface area contributed by atoms with Crippen LogP contribution in [0.2, 0.25) is 0 Å². The van der Waals surface area contributed by atoms with E-state index in [1.807, 2.05) is 37.3 Å². The average Bonchev–Trinajstić information content (AvgIpc) is 2.37. The molecule has 0 unspecified atom stereocenters. The lowest BCUT2D eigenvalue weighted by atomic mass is 9.99. The summed E-state index contributed by atoms with van der Waals surface area (Å²) in [6.45, 7) is 3.46. The van der Waals surface area contributed by atoms with Gasteiger partial charge in [-0.1, -0.05) is 6.07 Å². The van der Waals surface area contributed by atoms with Gasteiger partial charge in [0.25, 0.3) is 0 Å². The number of likely N-dealkylation sites (N-methyl/N-ethyl adjacent to an activating group) is 1. The molecule has 0 aromatic heterocycles. The first kappa shape index (κ1) is 14.1. The van der Waals surface area contributed by atoms with E-state index in [9.17, 15) is 9.59 Å². The van der Waals surface area contributed by atoms with Crippen LogP contribution in [0.4, 0.5) is 5.69 Å². The van der Waals surface area contributed by atoms with Crippen LogP contribution in [0, 0.1) is 6.92 Å². The summed E-state index contributed by atoms with van der Waals surface area (Å²) in [7, 11) is 1.74. The van der Waals surface area contributed by atoms with Gasteiger partial charge in [0.15, 0.2) is 5.78 Å². The molecule has 104 valence electrons. The first-order valence-electron chi connectivity index (χ1n) is 6.37. The Morgan fingerprint density at radius 3 is 2.50 bits per heavy atom. The molecule has 0 saturated carbocycles. The third-order valence-electron chi connectivity index (χ3n) is 3.36. The first-order valence-corrected chi connectivity index (χ1v) is 6.37. The maximum absolute atomic E-state index is 11.5. The second-order valence-electron chi connectivity index (χ2n) is 5.00. The van der Waals surface area contributed by atoms with E-state index in [1.165, 1.54) is 0 Å². The van der Waals surface area contributed by atoms with Gasteiger partial charge in [-0.05, 0) is 54.4 Å². The number of Topliss-reactive ketones (excluding diaryl/α,β-unsaturated/α-hetero) is 1. The van der Waals surface area contributed by atoms with Crippen LogP contribution in [0.25, 0.3) is 10.8 Å². The molecule has 0 amide bonds. The van der Waals surface area contributed by atoms with Crippen molar-refractivity contribution < 1.29 is 14.7 Å². The van der Waals surface area contributed by atoms with E-state index in [4.69, 9.17) is 5.11 Å². The van der Waals surface area contributed by atoms with E-state index in [-0.39, 0.29) is 12.3 Å². The largest absolute Gasteiger partial charge is 0.480 e. The Hall–Kier alpha value is -2.36. The first-order chi connectivity index (χ1) is 9.38. The highest BCUT2D eigenvalue weighted by Gasteiger charge is 2.09. The Morgan fingerprint density at radius 2 is 1.90 bits per heavy atom. The number of benzene rings is 2. The Bertz CT molecular complexity index is 691. The minimum atomic E-state index is -0.865. The lowest BCUT2D eigenvalue weighted by molar-refractivity contribution is -0.135. The number of carboxylic acid groups (broad SMARTS) is 1. The van der Waals surface area contributed by atoms with Crippen molar-refractivity contribution in [2.45, 2.75) is 13.8 Å². The summed E-state index contributed by atoms with van der Waals surface area (Å²) in [4.78, 5) is 23.9. The van der Waals surface area contributed by atoms with Crippen LogP contribution in [-0.2, 0) is 4.79 Å². The third kappa shape index (κ3) is 2.79. The zero-order valence-corrected chi connectivity index (χ0v) is 11.8. The molecule has 2 rings (SSSR count). The molecular formula is C16H17NO3. The third-order valence-corrected chi connectivity index (χ3v) is 3.36. The molecule has 0 heterocycles. The smallest absolute Gasteiger partial charge is 0.323 e. The predicted molar refractivity (Wildman–Crippen MR) is 79.6 cm³/mol. The summed E-state index contributed by atoms with van der Waals surface area (Å²) < 4.78 is 0. The van der Waals surface area contributed by atoms with Gasteiger partial charge in [0.1, 0.15) is 6.54 Å². The Balaban J connectivity index is 2.49. The number of hydrogen-bond donors (Lipinski definition) is 1. The lowest BCUT2D eigenvalue weighted by Gasteiger charge is -2.18. The number of carbonyl (C=O) groups is 2. The van der Waals surface area contributed by atoms with Crippen molar-refractivity contribution in [3.63, 3.8) is 0 Å². The number of carboxylic acids is 1. The Morgan fingerprint density at radius 1 is 1.20 bits per heavy atom. The van der Waals surface area contributed by atoms with Gasteiger partial charge in [-0.3, -0.25) is 9.59 Å². The molecule has 2 aromatic carbocycles. The van der Waals surface area contributed by atoms with Crippen LogP contribution in [-0.4, -0.2) is 30.5 Å². The molecule has 0 spiro atoms. The molecule has 2 aromatic rings. The van der Waals surface area contributed by atoms with Gasteiger partial charge in [-0.2, -0.15) is 0 Å². The van der Waals surface area contributed by atoms with Crippen molar-refractivity contribution in [2.24, 2.45) is 0 Å². The summed E-state index contributed by atoms with van der Waals surface area (Å²) >= 11 is 0. The van der Waals surface area contributed by atoms with Crippen LogP contribution in [0.5, 0.6) is 0 Å². The normalized spacial score (nSPS) is 10.6. The van der Waals surface area contributed by atoms with Crippen molar-refractivity contribution in [2.75, 3.05) is 18.5 Å². The highest BCUT2D eigenvalue weighted by Crippen LogP contribution is 2.26. The van der Waals surface area contributed by atoms with Gasteiger partial charge in [-0.25, -0.2) is 0 Å². The van der Waals surface area contributed by atoms with Crippen molar-refractivity contribution >= 4 is 28.2 Å². The van der Waals surface area contributed by atoms with Gasteiger partial charge >= 0.3 is 5.97 Å². The van der Waals surface area contributed by atoms with Crippen LogP contribution >= 0.6 is 0 Å². The lowest BCUT2D eigenvalue weighted by Crippen LogP contribution is -2.24. The average molecular weight is 271 g/mol. The molecule has 0 fully saturated rings. The monoisotopic (exact) mass is 271 g/mol. The van der Waals surface area contributed by atoms with E-state index in [1.54, 1.807) is 18.9 Å². The fourth-order valence-electron chi connectivity index (χ4n) is 2.27. The molecule has 0 aliphatic rings. The highest BCUT2D eigenvalue weighted by molar-refractivity contribution is 6.00. The Kier molecular flexibility index (Phi) is 3.74.